The van der Waals surface area contributed by atoms with Gasteiger partial charge in [0, 0.05) is 17.5 Å². The fourth-order valence-corrected chi connectivity index (χ4v) is 4.28. The van der Waals surface area contributed by atoms with Gasteiger partial charge in [-0.15, -0.1) is 0 Å². The zero-order chi connectivity index (χ0) is 17.9. The van der Waals surface area contributed by atoms with Crippen molar-refractivity contribution in [2.75, 3.05) is 0 Å². The number of benzene rings is 2. The smallest absolute Gasteiger partial charge is 0.245 e. The van der Waals surface area contributed by atoms with E-state index >= 15 is 0 Å². The van der Waals surface area contributed by atoms with E-state index < -0.39 is 10.0 Å². The van der Waals surface area contributed by atoms with E-state index in [1.54, 1.807) is 18.3 Å². The van der Waals surface area contributed by atoms with Crippen molar-refractivity contribution in [1.82, 2.24) is 3.97 Å². The molecular formula is C21H23NO2S. The predicted octanol–water partition coefficient (Wildman–Crippen LogP) is 5.04. The summed E-state index contributed by atoms with van der Waals surface area (Å²) < 4.78 is 27.7. The van der Waals surface area contributed by atoms with Crippen LogP contribution in [0, 0.1) is 6.92 Å². The van der Waals surface area contributed by atoms with Crippen molar-refractivity contribution in [2.45, 2.75) is 38.0 Å². The normalized spacial score (nSPS) is 11.6. The first-order valence-corrected chi connectivity index (χ1v) is 10.1. The highest BCUT2D eigenvalue weighted by Gasteiger charge is 2.21. The zero-order valence-corrected chi connectivity index (χ0v) is 15.5. The van der Waals surface area contributed by atoms with E-state index in [0.717, 1.165) is 41.6 Å². The van der Waals surface area contributed by atoms with Crippen LogP contribution in [0.25, 0.3) is 11.1 Å². The van der Waals surface area contributed by atoms with Crippen LogP contribution in [0.4, 0.5) is 0 Å². The van der Waals surface area contributed by atoms with Crippen LogP contribution < -0.4 is 0 Å². The molecule has 0 N–H and O–H groups in total. The first kappa shape index (κ1) is 17.5. The summed E-state index contributed by atoms with van der Waals surface area (Å²) in [5.74, 6) is 0. The van der Waals surface area contributed by atoms with Crippen LogP contribution in [0.3, 0.4) is 0 Å². The predicted molar refractivity (Wildman–Crippen MR) is 102 cm³/mol. The minimum Gasteiger partial charge on any atom is -0.245 e. The number of nitrogens with zero attached hydrogens (tertiary/aromatic N) is 1. The molecule has 2 aromatic carbocycles. The molecule has 0 saturated carbocycles. The Kier molecular flexibility index (Phi) is 5.09. The molecule has 0 atom stereocenters. The molecule has 0 unspecified atom stereocenters. The second-order valence-corrected chi connectivity index (χ2v) is 8.12. The molecular weight excluding hydrogens is 330 g/mol. The Balaban J connectivity index is 2.10. The monoisotopic (exact) mass is 353 g/mol. The second-order valence-electron chi connectivity index (χ2n) is 6.30. The summed E-state index contributed by atoms with van der Waals surface area (Å²) in [6, 6.07) is 18.9. The molecule has 3 aromatic rings. The molecule has 0 aliphatic carbocycles. The fraction of sp³-hybridized carbons (Fsp3) is 0.238. The van der Waals surface area contributed by atoms with Gasteiger partial charge in [-0.2, -0.15) is 0 Å². The summed E-state index contributed by atoms with van der Waals surface area (Å²) in [6.45, 7) is 4.06. The van der Waals surface area contributed by atoms with Crippen LogP contribution in [-0.4, -0.2) is 12.4 Å². The van der Waals surface area contributed by atoms with Gasteiger partial charge in [0.05, 0.1) is 4.90 Å². The topological polar surface area (TPSA) is 39.1 Å². The lowest BCUT2D eigenvalue weighted by Gasteiger charge is -2.10. The van der Waals surface area contributed by atoms with E-state index in [-0.39, 0.29) is 0 Å². The third-order valence-electron chi connectivity index (χ3n) is 4.33. The van der Waals surface area contributed by atoms with Gasteiger partial charge in [-0.25, -0.2) is 12.4 Å². The summed E-state index contributed by atoms with van der Waals surface area (Å²) in [5.41, 5.74) is 3.84. The fourth-order valence-electron chi connectivity index (χ4n) is 2.87. The highest BCUT2D eigenvalue weighted by atomic mass is 32.2. The average Bonchev–Trinajstić information content (AvgIpc) is 3.06. The lowest BCUT2D eigenvalue weighted by Crippen LogP contribution is -2.14. The summed E-state index contributed by atoms with van der Waals surface area (Å²) >= 11 is 0. The number of unbranched alkanes of at least 4 members (excludes halogenated alkanes) is 1. The van der Waals surface area contributed by atoms with E-state index in [9.17, 15) is 8.42 Å². The highest BCUT2D eigenvalue weighted by Crippen LogP contribution is 2.26. The second kappa shape index (κ2) is 7.28. The molecule has 0 radical (unpaired) electrons. The number of hydrogen-bond acceptors (Lipinski definition) is 2. The Labute approximate surface area is 150 Å². The van der Waals surface area contributed by atoms with E-state index in [1.165, 1.54) is 3.97 Å². The number of aryl methyl sites for hydroxylation is 2. The largest absolute Gasteiger partial charge is 0.267 e. The van der Waals surface area contributed by atoms with Crippen molar-refractivity contribution in [3.8, 4) is 11.1 Å². The Morgan fingerprint density at radius 3 is 2.24 bits per heavy atom. The maximum atomic E-state index is 13.1. The first-order valence-electron chi connectivity index (χ1n) is 8.61. The maximum absolute atomic E-state index is 13.1. The SMILES string of the molecule is CCCCc1cc(-c2ccccc2)cn1S(=O)(=O)c1ccc(C)cc1. The third-order valence-corrected chi connectivity index (χ3v) is 6.06. The van der Waals surface area contributed by atoms with Gasteiger partial charge >= 0.3 is 0 Å². The molecule has 4 heteroatoms. The van der Waals surface area contributed by atoms with Gasteiger partial charge in [-0.1, -0.05) is 61.4 Å². The molecule has 0 amide bonds. The van der Waals surface area contributed by atoms with Crippen LogP contribution in [0.5, 0.6) is 0 Å². The summed E-state index contributed by atoms with van der Waals surface area (Å²) in [4.78, 5) is 0.325. The molecule has 3 nitrogen and oxygen atoms in total. The number of hydrogen-bond donors (Lipinski definition) is 0. The van der Waals surface area contributed by atoms with E-state index in [2.05, 4.69) is 6.92 Å². The Morgan fingerprint density at radius 2 is 1.60 bits per heavy atom. The standard InChI is InChI=1S/C21H23NO2S/c1-3-4-10-20-15-19(18-8-6-5-7-9-18)16-22(20)25(23,24)21-13-11-17(2)12-14-21/h5-9,11-16H,3-4,10H2,1-2H3. The molecule has 3 rings (SSSR count). The summed E-state index contributed by atoms with van der Waals surface area (Å²) in [7, 11) is -3.59. The van der Waals surface area contributed by atoms with Crippen molar-refractivity contribution < 1.29 is 8.42 Å². The molecule has 0 aliphatic rings. The van der Waals surface area contributed by atoms with Crippen LogP contribution in [0.1, 0.15) is 31.0 Å². The van der Waals surface area contributed by atoms with Crippen molar-refractivity contribution >= 4 is 10.0 Å². The van der Waals surface area contributed by atoms with E-state index in [4.69, 9.17) is 0 Å². The van der Waals surface area contributed by atoms with Crippen LogP contribution >= 0.6 is 0 Å². The van der Waals surface area contributed by atoms with Gasteiger partial charge in [0.2, 0.25) is 0 Å². The van der Waals surface area contributed by atoms with Gasteiger partial charge < -0.3 is 0 Å². The lowest BCUT2D eigenvalue weighted by molar-refractivity contribution is 0.584. The van der Waals surface area contributed by atoms with Crippen LogP contribution in [0.15, 0.2) is 71.8 Å². The minimum absolute atomic E-state index is 0.325. The average molecular weight is 353 g/mol. The maximum Gasteiger partial charge on any atom is 0.267 e. The van der Waals surface area contributed by atoms with Gasteiger partial charge in [0.1, 0.15) is 0 Å². The molecule has 25 heavy (non-hydrogen) atoms. The van der Waals surface area contributed by atoms with Crippen molar-refractivity contribution in [3.63, 3.8) is 0 Å². The Hall–Kier alpha value is -2.33. The molecule has 130 valence electrons. The summed E-state index contributed by atoms with van der Waals surface area (Å²) in [5, 5.41) is 0. The first-order chi connectivity index (χ1) is 12.0. The van der Waals surface area contributed by atoms with Crippen molar-refractivity contribution in [1.29, 1.82) is 0 Å². The van der Waals surface area contributed by atoms with E-state index in [1.807, 2.05) is 55.5 Å². The molecule has 0 bridgehead atoms. The molecule has 1 aromatic heterocycles. The molecule has 1 heterocycles. The minimum atomic E-state index is -3.59. The number of rotatable bonds is 6. The number of aromatic nitrogens is 1. The molecule has 0 saturated heterocycles. The molecule has 0 fully saturated rings. The van der Waals surface area contributed by atoms with Crippen molar-refractivity contribution in [2.24, 2.45) is 0 Å². The van der Waals surface area contributed by atoms with Gasteiger partial charge in [-0.3, -0.25) is 0 Å². The van der Waals surface area contributed by atoms with Crippen LogP contribution in [-0.2, 0) is 16.4 Å². The van der Waals surface area contributed by atoms with Gasteiger partial charge in [0.25, 0.3) is 10.0 Å². The quantitative estimate of drug-likeness (QED) is 0.622. The Bertz CT molecular complexity index is 939. The van der Waals surface area contributed by atoms with Gasteiger partial charge in [-0.05, 0) is 43.5 Å². The van der Waals surface area contributed by atoms with Crippen LogP contribution in [0.2, 0.25) is 0 Å². The molecule has 0 spiro atoms. The summed E-state index contributed by atoms with van der Waals surface area (Å²) in [6.07, 6.45) is 4.47. The Morgan fingerprint density at radius 1 is 0.920 bits per heavy atom. The third kappa shape index (κ3) is 3.69. The van der Waals surface area contributed by atoms with E-state index in [0.29, 0.717) is 4.90 Å². The van der Waals surface area contributed by atoms with Crippen molar-refractivity contribution in [3.05, 3.63) is 78.1 Å². The molecule has 0 aliphatic heterocycles. The zero-order valence-electron chi connectivity index (χ0n) is 14.6. The lowest BCUT2D eigenvalue weighted by atomic mass is 10.1. The van der Waals surface area contributed by atoms with Gasteiger partial charge in [0.15, 0.2) is 0 Å². The highest BCUT2D eigenvalue weighted by molar-refractivity contribution is 7.90.